The number of nitrogens with two attached hydrogens (primary N) is 2. The SMILES string of the molecule is Cc1ccn(-c2cc(Cl)ccc2[C@@H](Oc2nc(N)nc3c(-c4ccc(C[C@H](N)C(=O)O)cc4)csc23)C(F)(F)F)n1. The number of carbonyl (C=O) groups is 1. The lowest BCUT2D eigenvalue weighted by Gasteiger charge is -2.24. The van der Waals surface area contributed by atoms with Gasteiger partial charge in [-0.05, 0) is 42.7 Å². The molecular weight excluding hydrogens is 581 g/mol. The maximum Gasteiger partial charge on any atom is 0.429 e. The zero-order valence-corrected chi connectivity index (χ0v) is 22.8. The number of aliphatic carboxylic acids is 1. The number of alkyl halides is 3. The summed E-state index contributed by atoms with van der Waals surface area (Å²) >= 11 is 7.24. The summed E-state index contributed by atoms with van der Waals surface area (Å²) in [6, 6.07) is 11.5. The largest absolute Gasteiger partial charge is 0.480 e. The molecule has 0 saturated heterocycles. The maximum absolute atomic E-state index is 14.5. The van der Waals surface area contributed by atoms with E-state index in [0.717, 1.165) is 11.3 Å². The van der Waals surface area contributed by atoms with E-state index in [9.17, 15) is 18.0 Å². The Morgan fingerprint density at radius 3 is 2.54 bits per heavy atom. The molecule has 9 nitrogen and oxygen atoms in total. The van der Waals surface area contributed by atoms with Gasteiger partial charge in [0.2, 0.25) is 17.9 Å². The second kappa shape index (κ2) is 11.0. The zero-order chi connectivity index (χ0) is 29.5. The molecule has 0 saturated carbocycles. The molecule has 2 aromatic carbocycles. The Kier molecular flexibility index (Phi) is 7.60. The Hall–Kier alpha value is -4.20. The van der Waals surface area contributed by atoms with E-state index in [1.165, 1.54) is 29.1 Å². The summed E-state index contributed by atoms with van der Waals surface area (Å²) < 4.78 is 50.8. The molecule has 0 amide bonds. The van der Waals surface area contributed by atoms with Crippen molar-refractivity contribution in [1.29, 1.82) is 0 Å². The second-order valence-corrected chi connectivity index (χ2v) is 10.5. The lowest BCUT2D eigenvalue weighted by Crippen LogP contribution is -2.32. The number of nitrogens with zero attached hydrogens (tertiary/aromatic N) is 4. The van der Waals surface area contributed by atoms with Gasteiger partial charge in [-0.2, -0.15) is 23.3 Å². The van der Waals surface area contributed by atoms with Crippen LogP contribution < -0.4 is 16.2 Å². The fourth-order valence-electron chi connectivity index (χ4n) is 4.26. The van der Waals surface area contributed by atoms with Gasteiger partial charge >= 0.3 is 12.1 Å². The van der Waals surface area contributed by atoms with Gasteiger partial charge in [0.15, 0.2) is 0 Å². The molecule has 0 aliphatic carbocycles. The van der Waals surface area contributed by atoms with Crippen LogP contribution in [0, 0.1) is 6.92 Å². The average molecular weight is 603 g/mol. The van der Waals surface area contributed by atoms with Crippen LogP contribution in [0.2, 0.25) is 5.02 Å². The number of halogens is 4. The number of carboxylic acid groups (broad SMARTS) is 1. The minimum absolute atomic E-state index is 0.0979. The first-order chi connectivity index (χ1) is 19.4. The summed E-state index contributed by atoms with van der Waals surface area (Å²) in [4.78, 5) is 19.3. The van der Waals surface area contributed by atoms with Gasteiger partial charge < -0.3 is 21.3 Å². The predicted molar refractivity (Wildman–Crippen MR) is 149 cm³/mol. The molecule has 3 aromatic heterocycles. The summed E-state index contributed by atoms with van der Waals surface area (Å²) in [5.41, 5.74) is 14.3. The summed E-state index contributed by atoms with van der Waals surface area (Å²) in [7, 11) is 0. The zero-order valence-electron chi connectivity index (χ0n) is 21.3. The first-order valence-corrected chi connectivity index (χ1v) is 13.3. The predicted octanol–water partition coefficient (Wildman–Crippen LogP) is 5.72. The van der Waals surface area contributed by atoms with Crippen molar-refractivity contribution in [2.75, 3.05) is 5.73 Å². The first kappa shape index (κ1) is 28.3. The standard InChI is InChI=1S/C27H22ClF3N6O3S/c1-13-8-9-37(36-13)20-11-16(28)6-7-17(20)23(27(29,30)31)40-24-22-21(34-26(33)35-24)18(12-41-22)15-4-2-14(3-5-15)10-19(32)25(38)39/h2-9,11-12,19,23H,10,32H2,1H3,(H,38,39)(H2,33,34,35)/t19-,23+/m0/s1. The molecule has 0 spiro atoms. The molecular formula is C27H22ClF3N6O3S. The molecule has 0 radical (unpaired) electrons. The van der Waals surface area contributed by atoms with Crippen molar-refractivity contribution in [2.24, 2.45) is 5.73 Å². The fraction of sp³-hybridized carbons (Fsp3) is 0.185. The van der Waals surface area contributed by atoms with Gasteiger partial charge in [-0.25, -0.2) is 9.67 Å². The van der Waals surface area contributed by atoms with E-state index in [1.54, 1.807) is 42.6 Å². The average Bonchev–Trinajstić information content (AvgIpc) is 3.53. The van der Waals surface area contributed by atoms with Crippen molar-refractivity contribution in [3.8, 4) is 22.7 Å². The Labute approximate surface area is 240 Å². The van der Waals surface area contributed by atoms with Gasteiger partial charge in [-0.3, -0.25) is 4.79 Å². The number of hydrogen-bond acceptors (Lipinski definition) is 8. The molecule has 0 aliphatic heterocycles. The number of aryl methyl sites for hydroxylation is 1. The van der Waals surface area contributed by atoms with Crippen molar-refractivity contribution in [3.05, 3.63) is 82.0 Å². The molecule has 41 heavy (non-hydrogen) atoms. The van der Waals surface area contributed by atoms with E-state index in [1.807, 2.05) is 0 Å². The van der Waals surface area contributed by atoms with E-state index < -0.39 is 24.3 Å². The number of fused-ring (bicyclic) bond motifs is 1. The molecule has 14 heteroatoms. The number of hydrogen-bond donors (Lipinski definition) is 3. The number of anilines is 1. The molecule has 2 atom stereocenters. The highest BCUT2D eigenvalue weighted by molar-refractivity contribution is 7.18. The summed E-state index contributed by atoms with van der Waals surface area (Å²) in [5.74, 6) is -1.70. The monoisotopic (exact) mass is 602 g/mol. The number of rotatable bonds is 8. The van der Waals surface area contributed by atoms with Crippen LogP contribution in [-0.4, -0.2) is 43.0 Å². The third-order valence-corrected chi connectivity index (χ3v) is 7.40. The highest BCUT2D eigenvalue weighted by Crippen LogP contribution is 2.43. The molecule has 5 N–H and O–H groups in total. The molecule has 0 bridgehead atoms. The topological polar surface area (TPSA) is 142 Å². The Morgan fingerprint density at radius 2 is 1.90 bits per heavy atom. The Bertz CT molecular complexity index is 1740. The number of aromatic nitrogens is 4. The quantitative estimate of drug-likeness (QED) is 0.205. The van der Waals surface area contributed by atoms with E-state index in [-0.39, 0.29) is 39.2 Å². The normalized spacial score (nSPS) is 13.3. The van der Waals surface area contributed by atoms with Gasteiger partial charge in [0.1, 0.15) is 10.7 Å². The van der Waals surface area contributed by atoms with E-state index in [0.29, 0.717) is 27.9 Å². The Morgan fingerprint density at radius 1 is 1.17 bits per heavy atom. The third-order valence-electron chi connectivity index (χ3n) is 6.21. The van der Waals surface area contributed by atoms with Gasteiger partial charge in [-0.15, -0.1) is 11.3 Å². The van der Waals surface area contributed by atoms with Gasteiger partial charge in [0.25, 0.3) is 0 Å². The molecule has 0 fully saturated rings. The highest BCUT2D eigenvalue weighted by atomic mass is 35.5. The molecule has 212 valence electrons. The van der Waals surface area contributed by atoms with Crippen LogP contribution in [0.5, 0.6) is 5.88 Å². The molecule has 5 rings (SSSR count). The van der Waals surface area contributed by atoms with E-state index in [2.05, 4.69) is 15.1 Å². The van der Waals surface area contributed by atoms with Crippen LogP contribution in [0.25, 0.3) is 27.0 Å². The fourth-order valence-corrected chi connectivity index (χ4v) is 5.37. The first-order valence-electron chi connectivity index (χ1n) is 12.1. The highest BCUT2D eigenvalue weighted by Gasteiger charge is 2.45. The van der Waals surface area contributed by atoms with Crippen LogP contribution in [-0.2, 0) is 11.2 Å². The lowest BCUT2D eigenvalue weighted by atomic mass is 10.0. The van der Waals surface area contributed by atoms with Crippen molar-refractivity contribution < 1.29 is 27.8 Å². The van der Waals surface area contributed by atoms with Gasteiger partial charge in [0.05, 0.1) is 16.9 Å². The van der Waals surface area contributed by atoms with Crippen molar-refractivity contribution in [1.82, 2.24) is 19.7 Å². The van der Waals surface area contributed by atoms with Crippen molar-refractivity contribution in [2.45, 2.75) is 31.7 Å². The van der Waals surface area contributed by atoms with E-state index in [4.69, 9.17) is 32.9 Å². The van der Waals surface area contributed by atoms with Crippen molar-refractivity contribution >= 4 is 45.1 Å². The minimum Gasteiger partial charge on any atom is -0.480 e. The summed E-state index contributed by atoms with van der Waals surface area (Å²) in [6.07, 6.45) is -5.61. The number of benzene rings is 2. The van der Waals surface area contributed by atoms with Crippen LogP contribution in [0.4, 0.5) is 19.1 Å². The van der Waals surface area contributed by atoms with Crippen LogP contribution in [0.15, 0.2) is 60.1 Å². The second-order valence-electron chi connectivity index (χ2n) is 9.20. The van der Waals surface area contributed by atoms with E-state index >= 15 is 0 Å². The van der Waals surface area contributed by atoms with Crippen LogP contribution in [0.1, 0.15) is 22.9 Å². The number of thiophene rings is 1. The molecule has 0 unspecified atom stereocenters. The van der Waals surface area contributed by atoms with Crippen LogP contribution >= 0.6 is 22.9 Å². The van der Waals surface area contributed by atoms with Gasteiger partial charge in [0, 0.05) is 27.7 Å². The Balaban J connectivity index is 1.54. The smallest absolute Gasteiger partial charge is 0.429 e. The number of ether oxygens (including phenoxy) is 1. The van der Waals surface area contributed by atoms with Gasteiger partial charge in [-0.1, -0.05) is 41.9 Å². The summed E-state index contributed by atoms with van der Waals surface area (Å²) in [5, 5.41) is 15.2. The lowest BCUT2D eigenvalue weighted by molar-refractivity contribution is -0.198. The molecule has 3 heterocycles. The minimum atomic E-state index is -4.84. The summed E-state index contributed by atoms with van der Waals surface area (Å²) in [6.45, 7) is 1.71. The third kappa shape index (κ3) is 5.97. The molecule has 0 aliphatic rings. The maximum atomic E-state index is 14.5. The molecule has 5 aromatic rings. The number of nitrogen functional groups attached to an aromatic ring is 1. The number of carboxylic acids is 1. The van der Waals surface area contributed by atoms with Crippen molar-refractivity contribution in [3.63, 3.8) is 0 Å². The van der Waals surface area contributed by atoms with Crippen LogP contribution in [0.3, 0.4) is 0 Å².